The fourth-order valence-corrected chi connectivity index (χ4v) is 2.46. The highest BCUT2D eigenvalue weighted by atomic mass is 35.5. The van der Waals surface area contributed by atoms with Gasteiger partial charge in [0.15, 0.2) is 5.96 Å². The monoisotopic (exact) mass is 352 g/mol. The molecule has 1 aliphatic heterocycles. The van der Waals surface area contributed by atoms with Crippen molar-refractivity contribution in [1.29, 1.82) is 0 Å². The van der Waals surface area contributed by atoms with Gasteiger partial charge < -0.3 is 20.3 Å². The van der Waals surface area contributed by atoms with E-state index in [4.69, 9.17) is 16.3 Å². The molecule has 1 aromatic carbocycles. The molecule has 1 amide bonds. The number of nitrogens with zero attached hydrogens (tertiary/aromatic N) is 2. The summed E-state index contributed by atoms with van der Waals surface area (Å²) in [6, 6.07) is 7.61. The van der Waals surface area contributed by atoms with Crippen molar-refractivity contribution in [3.8, 4) is 0 Å². The number of hydrogen-bond donors (Lipinski definition) is 2. The molecular formula is C17H25ClN4O2. The highest BCUT2D eigenvalue weighted by Crippen LogP contribution is 2.15. The van der Waals surface area contributed by atoms with Gasteiger partial charge in [0.05, 0.1) is 19.7 Å². The lowest BCUT2D eigenvalue weighted by molar-refractivity contribution is -0.127. The van der Waals surface area contributed by atoms with Crippen LogP contribution in [0.5, 0.6) is 0 Å². The van der Waals surface area contributed by atoms with Crippen LogP contribution in [0.1, 0.15) is 12.0 Å². The maximum absolute atomic E-state index is 11.8. The molecule has 6 nitrogen and oxygen atoms in total. The van der Waals surface area contributed by atoms with Gasteiger partial charge in [-0.2, -0.15) is 0 Å². The standard InChI is InChI=1S/C17H25ClN4O2/c1-22(2)16(23)11-21-17(19-9-13-7-8-24-12-13)20-10-14-5-3-4-6-15(14)18/h3-6,13H,7-12H2,1-2H3,(H2,19,20,21). The number of ether oxygens (including phenoxy) is 1. The number of hydrogen-bond acceptors (Lipinski definition) is 3. The van der Waals surface area contributed by atoms with Crippen LogP contribution in [-0.4, -0.2) is 57.2 Å². The van der Waals surface area contributed by atoms with Gasteiger partial charge in [-0.25, -0.2) is 4.99 Å². The van der Waals surface area contributed by atoms with Crippen molar-refractivity contribution in [2.24, 2.45) is 10.9 Å². The van der Waals surface area contributed by atoms with E-state index in [0.717, 1.165) is 31.7 Å². The summed E-state index contributed by atoms with van der Waals surface area (Å²) in [7, 11) is 3.46. The Balaban J connectivity index is 1.95. The average Bonchev–Trinajstić information content (AvgIpc) is 3.08. The molecule has 1 saturated heterocycles. The molecule has 1 atom stereocenters. The van der Waals surface area contributed by atoms with Crippen LogP contribution in [0.25, 0.3) is 0 Å². The minimum atomic E-state index is -0.00792. The van der Waals surface area contributed by atoms with Gasteiger partial charge in [0.25, 0.3) is 0 Å². The highest BCUT2D eigenvalue weighted by molar-refractivity contribution is 6.31. The number of guanidine groups is 1. The Morgan fingerprint density at radius 3 is 2.83 bits per heavy atom. The first-order valence-electron chi connectivity index (χ1n) is 8.09. The number of halogens is 1. The minimum Gasteiger partial charge on any atom is -0.381 e. The molecule has 0 saturated carbocycles. The second-order valence-corrected chi connectivity index (χ2v) is 6.42. The molecule has 2 N–H and O–H groups in total. The Morgan fingerprint density at radius 2 is 2.17 bits per heavy atom. The SMILES string of the molecule is CN(C)C(=O)CNC(=NCc1ccccc1Cl)NCC1CCOC1. The fraction of sp³-hybridized carbons (Fsp3) is 0.529. The minimum absolute atomic E-state index is 0.00792. The third-order valence-electron chi connectivity index (χ3n) is 3.85. The lowest BCUT2D eigenvalue weighted by Crippen LogP contribution is -2.44. The number of aliphatic imine (C=N–C) groups is 1. The normalized spacial score (nSPS) is 17.6. The van der Waals surface area contributed by atoms with E-state index in [1.165, 1.54) is 0 Å². The van der Waals surface area contributed by atoms with E-state index in [1.54, 1.807) is 19.0 Å². The molecule has 0 aliphatic carbocycles. The summed E-state index contributed by atoms with van der Waals surface area (Å²) < 4.78 is 5.39. The topological polar surface area (TPSA) is 66.0 Å². The third-order valence-corrected chi connectivity index (χ3v) is 4.22. The van der Waals surface area contributed by atoms with Crippen LogP contribution in [0.15, 0.2) is 29.3 Å². The van der Waals surface area contributed by atoms with E-state index in [1.807, 2.05) is 24.3 Å². The van der Waals surface area contributed by atoms with Crippen molar-refractivity contribution in [3.05, 3.63) is 34.9 Å². The number of rotatable bonds is 6. The molecule has 0 bridgehead atoms. The largest absolute Gasteiger partial charge is 0.381 e. The second kappa shape index (κ2) is 9.49. The molecule has 132 valence electrons. The van der Waals surface area contributed by atoms with E-state index in [2.05, 4.69) is 15.6 Å². The Hall–Kier alpha value is -1.79. The second-order valence-electron chi connectivity index (χ2n) is 6.01. The predicted molar refractivity (Wildman–Crippen MR) is 96.2 cm³/mol. The van der Waals surface area contributed by atoms with Gasteiger partial charge in [0.2, 0.25) is 5.91 Å². The van der Waals surface area contributed by atoms with Crippen molar-refractivity contribution in [2.75, 3.05) is 40.4 Å². The van der Waals surface area contributed by atoms with Crippen LogP contribution < -0.4 is 10.6 Å². The number of carbonyl (C=O) groups is 1. The number of amides is 1. The first-order chi connectivity index (χ1) is 11.6. The van der Waals surface area contributed by atoms with Crippen LogP contribution in [0.4, 0.5) is 0 Å². The maximum Gasteiger partial charge on any atom is 0.241 e. The number of benzene rings is 1. The van der Waals surface area contributed by atoms with Gasteiger partial charge in [-0.3, -0.25) is 4.79 Å². The summed E-state index contributed by atoms with van der Waals surface area (Å²) in [6.07, 6.45) is 1.04. The molecule has 0 spiro atoms. The summed E-state index contributed by atoms with van der Waals surface area (Å²) in [5.41, 5.74) is 0.948. The van der Waals surface area contributed by atoms with Crippen LogP contribution >= 0.6 is 11.6 Å². The number of carbonyl (C=O) groups excluding carboxylic acids is 1. The molecule has 1 fully saturated rings. The van der Waals surface area contributed by atoms with Crippen LogP contribution in [0.3, 0.4) is 0 Å². The van der Waals surface area contributed by atoms with Crippen LogP contribution in [-0.2, 0) is 16.1 Å². The first kappa shape index (κ1) is 18.5. The fourth-order valence-electron chi connectivity index (χ4n) is 2.27. The molecular weight excluding hydrogens is 328 g/mol. The van der Waals surface area contributed by atoms with Crippen molar-refractivity contribution in [3.63, 3.8) is 0 Å². The molecule has 24 heavy (non-hydrogen) atoms. The summed E-state index contributed by atoms with van der Waals surface area (Å²) in [6.45, 7) is 2.99. The molecule has 1 aromatic rings. The molecule has 1 unspecified atom stereocenters. The van der Waals surface area contributed by atoms with E-state index in [9.17, 15) is 4.79 Å². The van der Waals surface area contributed by atoms with E-state index in [-0.39, 0.29) is 12.5 Å². The van der Waals surface area contributed by atoms with Gasteiger partial charge in [-0.05, 0) is 18.1 Å². The molecule has 1 aliphatic rings. The van der Waals surface area contributed by atoms with Crippen molar-refractivity contribution in [1.82, 2.24) is 15.5 Å². The smallest absolute Gasteiger partial charge is 0.241 e. The summed E-state index contributed by atoms with van der Waals surface area (Å²) in [5, 5.41) is 7.06. The summed E-state index contributed by atoms with van der Waals surface area (Å²) in [4.78, 5) is 17.9. The highest BCUT2D eigenvalue weighted by Gasteiger charge is 2.16. The predicted octanol–water partition coefficient (Wildman–Crippen LogP) is 1.50. The van der Waals surface area contributed by atoms with Gasteiger partial charge in [-0.1, -0.05) is 29.8 Å². The van der Waals surface area contributed by atoms with Crippen molar-refractivity contribution in [2.45, 2.75) is 13.0 Å². The van der Waals surface area contributed by atoms with E-state index < -0.39 is 0 Å². The van der Waals surface area contributed by atoms with Gasteiger partial charge in [0.1, 0.15) is 0 Å². The number of likely N-dealkylation sites (N-methyl/N-ethyl adjacent to an activating group) is 1. The molecule has 1 heterocycles. The quantitative estimate of drug-likeness (QED) is 0.601. The van der Waals surface area contributed by atoms with Crippen molar-refractivity contribution >= 4 is 23.5 Å². The first-order valence-corrected chi connectivity index (χ1v) is 8.47. The average molecular weight is 353 g/mol. The zero-order valence-corrected chi connectivity index (χ0v) is 15.0. The molecule has 7 heteroatoms. The summed E-state index contributed by atoms with van der Waals surface area (Å²) >= 11 is 6.17. The lowest BCUT2D eigenvalue weighted by atomic mass is 10.1. The summed E-state index contributed by atoms with van der Waals surface area (Å²) in [5.74, 6) is 1.07. The maximum atomic E-state index is 11.8. The van der Waals surface area contributed by atoms with E-state index >= 15 is 0 Å². The number of nitrogens with one attached hydrogen (secondary N) is 2. The molecule has 2 rings (SSSR count). The van der Waals surface area contributed by atoms with Crippen LogP contribution in [0.2, 0.25) is 5.02 Å². The molecule has 0 aromatic heterocycles. The van der Waals surface area contributed by atoms with Gasteiger partial charge in [0, 0.05) is 38.2 Å². The molecule has 0 radical (unpaired) electrons. The van der Waals surface area contributed by atoms with Crippen LogP contribution in [0, 0.1) is 5.92 Å². The Kier molecular flexibility index (Phi) is 7.34. The van der Waals surface area contributed by atoms with Gasteiger partial charge >= 0.3 is 0 Å². The Morgan fingerprint density at radius 1 is 1.38 bits per heavy atom. The Labute approximate surface area is 148 Å². The lowest BCUT2D eigenvalue weighted by Gasteiger charge is -2.16. The Bertz CT molecular complexity index is 571. The van der Waals surface area contributed by atoms with Gasteiger partial charge in [-0.15, -0.1) is 0 Å². The van der Waals surface area contributed by atoms with E-state index in [0.29, 0.717) is 23.4 Å². The third kappa shape index (κ3) is 6.02. The van der Waals surface area contributed by atoms with Crippen molar-refractivity contribution < 1.29 is 9.53 Å². The zero-order valence-electron chi connectivity index (χ0n) is 14.2. The zero-order chi connectivity index (χ0) is 17.4.